The van der Waals surface area contributed by atoms with Gasteiger partial charge in [0, 0.05) is 28.9 Å². The Morgan fingerprint density at radius 3 is 2.53 bits per heavy atom. The van der Waals surface area contributed by atoms with Gasteiger partial charge in [0.2, 0.25) is 0 Å². The number of hydrogen-bond donors (Lipinski definition) is 3. The van der Waals surface area contributed by atoms with Crippen LogP contribution in [0.25, 0.3) is 0 Å². The monoisotopic (exact) mass is 294 g/mol. The fraction of sp³-hybridized carbons (Fsp3) is 0.500. The highest BCUT2D eigenvalue weighted by Crippen LogP contribution is 2.42. The van der Waals surface area contributed by atoms with Gasteiger partial charge in [-0.3, -0.25) is 0 Å². The SMILES string of the molecule is Nc1ccc(Cl)cc1C(O)(CNC1CC1)C(F)(F)F. The Kier molecular flexibility index (Phi) is 3.68. The van der Waals surface area contributed by atoms with Crippen molar-refractivity contribution in [3.63, 3.8) is 0 Å². The van der Waals surface area contributed by atoms with Crippen LogP contribution in [0, 0.1) is 0 Å². The molecule has 0 radical (unpaired) electrons. The topological polar surface area (TPSA) is 58.3 Å². The van der Waals surface area contributed by atoms with Crippen molar-refractivity contribution < 1.29 is 18.3 Å². The molecule has 1 fully saturated rings. The van der Waals surface area contributed by atoms with E-state index in [-0.39, 0.29) is 16.8 Å². The highest BCUT2D eigenvalue weighted by atomic mass is 35.5. The molecule has 0 amide bonds. The third kappa shape index (κ3) is 2.96. The summed E-state index contributed by atoms with van der Waals surface area (Å²) in [5, 5.41) is 12.9. The summed E-state index contributed by atoms with van der Waals surface area (Å²) >= 11 is 5.69. The molecular weight excluding hydrogens is 281 g/mol. The molecule has 0 spiro atoms. The van der Waals surface area contributed by atoms with Crippen molar-refractivity contribution in [1.29, 1.82) is 0 Å². The van der Waals surface area contributed by atoms with Gasteiger partial charge in [-0.15, -0.1) is 0 Å². The number of nitrogens with one attached hydrogen (secondary N) is 1. The first-order valence-corrected chi connectivity index (χ1v) is 6.20. The number of halogens is 4. The fourth-order valence-corrected chi connectivity index (χ4v) is 1.99. The van der Waals surface area contributed by atoms with Crippen LogP contribution in [0.3, 0.4) is 0 Å². The average Bonchev–Trinajstić information content (AvgIpc) is 3.11. The minimum absolute atomic E-state index is 0.0364. The van der Waals surface area contributed by atoms with Gasteiger partial charge in [0.15, 0.2) is 5.60 Å². The van der Waals surface area contributed by atoms with Crippen molar-refractivity contribution in [2.45, 2.75) is 30.7 Å². The maximum absolute atomic E-state index is 13.2. The van der Waals surface area contributed by atoms with Crippen LogP contribution in [0.2, 0.25) is 5.02 Å². The van der Waals surface area contributed by atoms with Gasteiger partial charge in [0.25, 0.3) is 0 Å². The highest BCUT2D eigenvalue weighted by molar-refractivity contribution is 6.30. The molecule has 3 nitrogen and oxygen atoms in total. The number of rotatable bonds is 4. The van der Waals surface area contributed by atoms with Gasteiger partial charge in [0.05, 0.1) is 0 Å². The molecule has 1 aliphatic rings. The number of nitrogen functional groups attached to an aromatic ring is 1. The summed E-state index contributed by atoms with van der Waals surface area (Å²) in [7, 11) is 0. The molecule has 0 bridgehead atoms. The summed E-state index contributed by atoms with van der Waals surface area (Å²) in [5.74, 6) is 0. The van der Waals surface area contributed by atoms with Gasteiger partial charge >= 0.3 is 6.18 Å². The van der Waals surface area contributed by atoms with Gasteiger partial charge in [-0.1, -0.05) is 11.6 Å². The number of anilines is 1. The summed E-state index contributed by atoms with van der Waals surface area (Å²) in [6, 6.07) is 3.73. The predicted molar refractivity (Wildman–Crippen MR) is 66.8 cm³/mol. The summed E-state index contributed by atoms with van der Waals surface area (Å²) in [6.07, 6.45) is -3.20. The number of hydrogen-bond acceptors (Lipinski definition) is 3. The van der Waals surface area contributed by atoms with Crippen molar-refractivity contribution in [1.82, 2.24) is 5.32 Å². The lowest BCUT2D eigenvalue weighted by Crippen LogP contribution is -2.50. The van der Waals surface area contributed by atoms with E-state index in [1.54, 1.807) is 0 Å². The van der Waals surface area contributed by atoms with E-state index >= 15 is 0 Å². The van der Waals surface area contributed by atoms with E-state index in [4.69, 9.17) is 17.3 Å². The number of nitrogens with two attached hydrogens (primary N) is 1. The molecule has 19 heavy (non-hydrogen) atoms. The van der Waals surface area contributed by atoms with Crippen LogP contribution >= 0.6 is 11.6 Å². The molecule has 2 rings (SSSR count). The molecule has 0 heterocycles. The van der Waals surface area contributed by atoms with Crippen LogP contribution in [-0.4, -0.2) is 23.9 Å². The van der Waals surface area contributed by atoms with Crippen LogP contribution in [0.4, 0.5) is 18.9 Å². The number of aliphatic hydroxyl groups is 1. The standard InChI is InChI=1S/C12H14ClF3N2O/c13-7-1-4-10(17)9(5-7)11(19,12(14,15)16)6-18-8-2-3-8/h1,4-5,8,18-19H,2-3,6,17H2. The van der Waals surface area contributed by atoms with E-state index in [0.29, 0.717) is 0 Å². The maximum atomic E-state index is 13.2. The minimum Gasteiger partial charge on any atom is -0.398 e. The zero-order valence-electron chi connectivity index (χ0n) is 9.97. The summed E-state index contributed by atoms with van der Waals surface area (Å²) in [6.45, 7) is -0.633. The smallest absolute Gasteiger partial charge is 0.398 e. The van der Waals surface area contributed by atoms with E-state index in [1.165, 1.54) is 12.1 Å². The van der Waals surface area contributed by atoms with Crippen molar-refractivity contribution in [2.75, 3.05) is 12.3 Å². The zero-order chi connectivity index (χ0) is 14.3. The Labute approximate surface area is 113 Å². The maximum Gasteiger partial charge on any atom is 0.422 e. The lowest BCUT2D eigenvalue weighted by Gasteiger charge is -2.32. The van der Waals surface area contributed by atoms with Crippen molar-refractivity contribution in [3.05, 3.63) is 28.8 Å². The molecule has 1 unspecified atom stereocenters. The molecule has 1 atom stereocenters. The molecule has 1 saturated carbocycles. The Morgan fingerprint density at radius 2 is 2.00 bits per heavy atom. The normalized spacial score (nSPS) is 19.2. The second-order valence-corrected chi connectivity index (χ2v) is 5.18. The molecule has 0 saturated heterocycles. The lowest BCUT2D eigenvalue weighted by molar-refractivity contribution is -0.264. The van der Waals surface area contributed by atoms with Gasteiger partial charge in [-0.2, -0.15) is 13.2 Å². The first kappa shape index (κ1) is 14.4. The van der Waals surface area contributed by atoms with Gasteiger partial charge in [0.1, 0.15) is 0 Å². The average molecular weight is 295 g/mol. The molecule has 1 aliphatic carbocycles. The van der Waals surface area contributed by atoms with E-state index < -0.39 is 23.9 Å². The van der Waals surface area contributed by atoms with Crippen LogP contribution < -0.4 is 11.1 Å². The van der Waals surface area contributed by atoms with Crippen molar-refractivity contribution in [3.8, 4) is 0 Å². The third-order valence-electron chi connectivity index (χ3n) is 3.15. The molecule has 1 aromatic rings. The Balaban J connectivity index is 2.37. The first-order chi connectivity index (χ1) is 8.74. The summed E-state index contributed by atoms with van der Waals surface area (Å²) in [4.78, 5) is 0. The summed E-state index contributed by atoms with van der Waals surface area (Å²) < 4.78 is 39.6. The zero-order valence-corrected chi connectivity index (χ0v) is 10.7. The van der Waals surface area contributed by atoms with E-state index in [1.807, 2.05) is 0 Å². The van der Waals surface area contributed by atoms with Crippen LogP contribution in [0.5, 0.6) is 0 Å². The van der Waals surface area contributed by atoms with Crippen LogP contribution in [0.15, 0.2) is 18.2 Å². The molecule has 0 aliphatic heterocycles. The fourth-order valence-electron chi connectivity index (χ4n) is 1.81. The molecular formula is C12H14ClF3N2O. The largest absolute Gasteiger partial charge is 0.422 e. The summed E-state index contributed by atoms with van der Waals surface area (Å²) in [5.41, 5.74) is 1.96. The van der Waals surface area contributed by atoms with Gasteiger partial charge in [-0.05, 0) is 31.0 Å². The van der Waals surface area contributed by atoms with Crippen LogP contribution in [0.1, 0.15) is 18.4 Å². The number of alkyl halides is 3. The predicted octanol–water partition coefficient (Wildman–Crippen LogP) is 2.42. The first-order valence-electron chi connectivity index (χ1n) is 5.82. The van der Waals surface area contributed by atoms with Crippen molar-refractivity contribution >= 4 is 17.3 Å². The highest BCUT2D eigenvalue weighted by Gasteiger charge is 2.56. The molecule has 106 valence electrons. The molecule has 1 aromatic carbocycles. The van der Waals surface area contributed by atoms with E-state index in [9.17, 15) is 18.3 Å². The van der Waals surface area contributed by atoms with Gasteiger partial charge < -0.3 is 16.2 Å². The van der Waals surface area contributed by atoms with Crippen LogP contribution in [-0.2, 0) is 5.60 Å². The van der Waals surface area contributed by atoms with E-state index in [0.717, 1.165) is 18.9 Å². The lowest BCUT2D eigenvalue weighted by atomic mass is 9.91. The van der Waals surface area contributed by atoms with E-state index in [2.05, 4.69) is 5.32 Å². The minimum atomic E-state index is -4.84. The number of benzene rings is 1. The molecule has 0 aromatic heterocycles. The quantitative estimate of drug-likeness (QED) is 0.748. The molecule has 7 heteroatoms. The Morgan fingerprint density at radius 1 is 1.37 bits per heavy atom. The van der Waals surface area contributed by atoms with Gasteiger partial charge in [-0.25, -0.2) is 0 Å². The Bertz CT molecular complexity index is 477. The second-order valence-electron chi connectivity index (χ2n) is 4.74. The molecule has 4 N–H and O–H groups in total. The third-order valence-corrected chi connectivity index (χ3v) is 3.39. The Hall–Kier alpha value is -0.980. The van der Waals surface area contributed by atoms with Crippen molar-refractivity contribution in [2.24, 2.45) is 0 Å². The second kappa shape index (κ2) is 4.85.